The Balaban J connectivity index is 1.29. The van der Waals surface area contributed by atoms with Crippen LogP contribution in [0.5, 0.6) is 0 Å². The van der Waals surface area contributed by atoms with Crippen LogP contribution in [-0.2, 0) is 10.2 Å². The predicted octanol–water partition coefficient (Wildman–Crippen LogP) is 2.33. The SMILES string of the molecule is NS(=O)(=O)NC1C2CC3CC1CC(C(O)CC1c4c(F)cccc4-c4cncn41)(C3)C2. The van der Waals surface area contributed by atoms with Crippen LogP contribution in [-0.4, -0.2) is 35.2 Å². The number of imidazole rings is 1. The molecule has 166 valence electrons. The van der Waals surface area contributed by atoms with E-state index in [9.17, 15) is 17.9 Å². The summed E-state index contributed by atoms with van der Waals surface area (Å²) in [6.45, 7) is 0. The van der Waals surface area contributed by atoms with Crippen molar-refractivity contribution >= 4 is 10.2 Å². The zero-order valence-corrected chi connectivity index (χ0v) is 17.9. The largest absolute Gasteiger partial charge is 0.392 e. The third-order valence-electron chi connectivity index (χ3n) is 8.44. The molecule has 1 aliphatic heterocycles. The van der Waals surface area contributed by atoms with E-state index in [0.29, 0.717) is 17.9 Å². The molecular formula is C22H27FN4O3S. The summed E-state index contributed by atoms with van der Waals surface area (Å²) in [6.07, 6.45) is 7.77. The van der Waals surface area contributed by atoms with Crippen LogP contribution in [0.15, 0.2) is 30.7 Å². The Kier molecular flexibility index (Phi) is 4.23. The van der Waals surface area contributed by atoms with Crippen molar-refractivity contribution in [1.82, 2.24) is 14.3 Å². The average Bonchev–Trinajstić information content (AvgIpc) is 3.27. The van der Waals surface area contributed by atoms with Crippen LogP contribution < -0.4 is 9.86 Å². The Bertz CT molecular complexity index is 1130. The fraction of sp³-hybridized carbons (Fsp3) is 0.591. The molecule has 1 aromatic carbocycles. The topological polar surface area (TPSA) is 110 Å². The molecule has 4 saturated carbocycles. The van der Waals surface area contributed by atoms with Gasteiger partial charge in [-0.25, -0.2) is 14.5 Å². The normalized spacial score (nSPS) is 36.4. The average molecular weight is 447 g/mol. The maximum atomic E-state index is 14.8. The number of nitrogens with one attached hydrogen (secondary N) is 1. The number of fused-ring (bicyclic) bond motifs is 3. The predicted molar refractivity (Wildman–Crippen MR) is 112 cm³/mol. The third kappa shape index (κ3) is 3.01. The van der Waals surface area contributed by atoms with Crippen molar-refractivity contribution in [3.05, 3.63) is 42.1 Å². The van der Waals surface area contributed by atoms with Gasteiger partial charge in [-0.15, -0.1) is 0 Å². The fourth-order valence-corrected chi connectivity index (χ4v) is 8.33. The summed E-state index contributed by atoms with van der Waals surface area (Å²) in [5.41, 5.74) is 2.12. The number of hydrogen-bond donors (Lipinski definition) is 3. The van der Waals surface area contributed by atoms with Crippen LogP contribution in [0.1, 0.15) is 50.1 Å². The minimum Gasteiger partial charge on any atom is -0.392 e. The van der Waals surface area contributed by atoms with Gasteiger partial charge in [-0.1, -0.05) is 12.1 Å². The van der Waals surface area contributed by atoms with Gasteiger partial charge in [0.05, 0.1) is 30.4 Å². The summed E-state index contributed by atoms with van der Waals surface area (Å²) in [5, 5.41) is 16.8. The molecule has 2 heterocycles. The third-order valence-corrected chi connectivity index (χ3v) is 9.04. The standard InChI is InChI=1S/C22H27FN4O3S/c23-16-3-1-2-15-18-10-25-11-27(18)17(20(15)16)6-19(28)22-7-12-4-13(8-22)21(14(5-12)9-22)26-31(24,29)30/h1-3,10-14,17,19,21,26,28H,4-9H2,(H2,24,29,30). The molecule has 4 unspecified atom stereocenters. The monoisotopic (exact) mass is 446 g/mol. The highest BCUT2D eigenvalue weighted by Crippen LogP contribution is 2.62. The highest BCUT2D eigenvalue weighted by atomic mass is 32.2. The molecule has 0 spiro atoms. The summed E-state index contributed by atoms with van der Waals surface area (Å²) >= 11 is 0. The lowest BCUT2D eigenvalue weighted by Crippen LogP contribution is -2.62. The Labute approximate surface area is 181 Å². The lowest BCUT2D eigenvalue weighted by atomic mass is 9.46. The van der Waals surface area contributed by atoms with Crippen LogP contribution >= 0.6 is 0 Å². The maximum Gasteiger partial charge on any atom is 0.274 e. The van der Waals surface area contributed by atoms with Crippen LogP contribution in [0, 0.1) is 29.0 Å². The quantitative estimate of drug-likeness (QED) is 0.655. The van der Waals surface area contributed by atoms with Crippen molar-refractivity contribution in [3.8, 4) is 11.3 Å². The minimum absolute atomic E-state index is 0.142. The molecule has 4 fully saturated rings. The first-order valence-corrected chi connectivity index (χ1v) is 12.6. The van der Waals surface area contributed by atoms with Crippen LogP contribution in [0.2, 0.25) is 0 Å². The van der Waals surface area contributed by atoms with Gasteiger partial charge in [0.15, 0.2) is 0 Å². The van der Waals surface area contributed by atoms with E-state index < -0.39 is 16.3 Å². The summed E-state index contributed by atoms with van der Waals surface area (Å²) < 4.78 is 42.8. The van der Waals surface area contributed by atoms with E-state index >= 15 is 0 Å². The van der Waals surface area contributed by atoms with Crippen molar-refractivity contribution < 1.29 is 17.9 Å². The molecule has 2 aromatic rings. The first kappa shape index (κ1) is 19.8. The first-order chi connectivity index (χ1) is 14.7. The second-order valence-electron chi connectivity index (χ2n) is 10.2. The molecule has 1 aromatic heterocycles. The van der Waals surface area contributed by atoms with E-state index in [1.165, 1.54) is 6.07 Å². The smallest absolute Gasteiger partial charge is 0.274 e. The Hall–Kier alpha value is -1.81. The van der Waals surface area contributed by atoms with Gasteiger partial charge in [-0.2, -0.15) is 13.1 Å². The number of nitrogens with zero attached hydrogens (tertiary/aromatic N) is 2. The second kappa shape index (κ2) is 6.60. The van der Waals surface area contributed by atoms with Gasteiger partial charge in [0.1, 0.15) is 5.82 Å². The van der Waals surface area contributed by atoms with E-state index in [4.69, 9.17) is 5.14 Å². The fourth-order valence-electron chi connectivity index (χ4n) is 7.57. The molecule has 4 N–H and O–H groups in total. The first-order valence-electron chi connectivity index (χ1n) is 11.0. The van der Waals surface area contributed by atoms with Gasteiger partial charge < -0.3 is 9.67 Å². The lowest BCUT2D eigenvalue weighted by molar-refractivity contribution is -0.134. The summed E-state index contributed by atoms with van der Waals surface area (Å²) in [4.78, 5) is 4.25. The Morgan fingerprint density at radius 2 is 2.03 bits per heavy atom. The molecular weight excluding hydrogens is 419 g/mol. The van der Waals surface area contributed by atoms with Gasteiger partial charge in [0.2, 0.25) is 0 Å². The second-order valence-corrected chi connectivity index (χ2v) is 11.5. The minimum atomic E-state index is -3.76. The zero-order chi connectivity index (χ0) is 21.5. The van der Waals surface area contributed by atoms with Gasteiger partial charge in [-0.3, -0.25) is 0 Å². The zero-order valence-electron chi connectivity index (χ0n) is 17.1. The van der Waals surface area contributed by atoms with E-state index in [1.807, 2.05) is 10.6 Å². The van der Waals surface area contributed by atoms with Crippen LogP contribution in [0.4, 0.5) is 4.39 Å². The molecule has 4 aliphatic carbocycles. The number of benzene rings is 1. The summed E-state index contributed by atoms with van der Waals surface area (Å²) in [7, 11) is -3.76. The van der Waals surface area contributed by atoms with E-state index in [1.54, 1.807) is 18.6 Å². The maximum absolute atomic E-state index is 14.8. The van der Waals surface area contributed by atoms with Gasteiger partial charge in [-0.05, 0) is 67.8 Å². The van der Waals surface area contributed by atoms with Crippen molar-refractivity contribution in [2.45, 2.75) is 56.7 Å². The van der Waals surface area contributed by atoms with E-state index in [-0.39, 0.29) is 35.2 Å². The van der Waals surface area contributed by atoms with Crippen molar-refractivity contribution in [2.24, 2.45) is 28.3 Å². The van der Waals surface area contributed by atoms with Crippen molar-refractivity contribution in [2.75, 3.05) is 0 Å². The molecule has 31 heavy (non-hydrogen) atoms. The Morgan fingerprint density at radius 3 is 2.74 bits per heavy atom. The summed E-state index contributed by atoms with van der Waals surface area (Å²) in [5.74, 6) is 0.634. The molecule has 0 amide bonds. The molecule has 0 saturated heterocycles. The van der Waals surface area contributed by atoms with Gasteiger partial charge in [0.25, 0.3) is 10.2 Å². The van der Waals surface area contributed by atoms with Gasteiger partial charge >= 0.3 is 0 Å². The molecule has 4 bridgehead atoms. The molecule has 9 heteroatoms. The number of nitrogens with two attached hydrogens (primary N) is 1. The number of aromatic nitrogens is 2. The van der Waals surface area contributed by atoms with E-state index in [0.717, 1.165) is 43.4 Å². The van der Waals surface area contributed by atoms with Crippen molar-refractivity contribution in [1.29, 1.82) is 0 Å². The molecule has 7 rings (SSSR count). The number of hydrogen-bond acceptors (Lipinski definition) is 4. The number of halogens is 1. The van der Waals surface area contributed by atoms with Crippen LogP contribution in [0.3, 0.4) is 0 Å². The molecule has 4 atom stereocenters. The van der Waals surface area contributed by atoms with E-state index in [2.05, 4.69) is 9.71 Å². The lowest BCUT2D eigenvalue weighted by Gasteiger charge is -2.61. The van der Waals surface area contributed by atoms with Crippen LogP contribution in [0.25, 0.3) is 11.3 Å². The molecule has 0 radical (unpaired) electrons. The highest BCUT2D eigenvalue weighted by Gasteiger charge is 2.58. The highest BCUT2D eigenvalue weighted by molar-refractivity contribution is 7.87. The number of aliphatic hydroxyl groups is 1. The Morgan fingerprint density at radius 1 is 1.29 bits per heavy atom. The molecule has 5 aliphatic rings. The number of aliphatic hydroxyl groups excluding tert-OH is 1. The number of rotatable bonds is 5. The van der Waals surface area contributed by atoms with Crippen molar-refractivity contribution in [3.63, 3.8) is 0 Å². The van der Waals surface area contributed by atoms with Gasteiger partial charge in [0, 0.05) is 17.2 Å². The molecule has 7 nitrogen and oxygen atoms in total. The summed E-state index contributed by atoms with van der Waals surface area (Å²) in [6, 6.07) is 4.67.